The number of ether oxygens (including phenoxy) is 1. The summed E-state index contributed by atoms with van der Waals surface area (Å²) in [6.45, 7) is 5.76. The van der Waals surface area contributed by atoms with Crippen molar-refractivity contribution in [3.8, 4) is 5.75 Å². The van der Waals surface area contributed by atoms with E-state index in [0.717, 1.165) is 22.8 Å². The fourth-order valence-electron chi connectivity index (χ4n) is 2.53. The Kier molecular flexibility index (Phi) is 4.75. The lowest BCUT2D eigenvalue weighted by atomic mass is 9.92. The molecule has 26 heavy (non-hydrogen) atoms. The van der Waals surface area contributed by atoms with E-state index >= 15 is 0 Å². The van der Waals surface area contributed by atoms with Crippen molar-refractivity contribution in [3.63, 3.8) is 0 Å². The van der Waals surface area contributed by atoms with Crippen LogP contribution in [0.5, 0.6) is 5.75 Å². The first-order valence-electron chi connectivity index (χ1n) is 8.25. The van der Waals surface area contributed by atoms with Crippen molar-refractivity contribution in [1.29, 1.82) is 0 Å². The topological polar surface area (TPSA) is 81.4 Å². The van der Waals surface area contributed by atoms with Crippen LogP contribution in [0.4, 0.5) is 5.88 Å². The highest BCUT2D eigenvalue weighted by molar-refractivity contribution is 6.01. The summed E-state index contributed by atoms with van der Waals surface area (Å²) in [7, 11) is 0. The van der Waals surface area contributed by atoms with Crippen LogP contribution in [0, 0.1) is 0 Å². The maximum Gasteiger partial charge on any atom is 0.264 e. The Balaban J connectivity index is 1.69. The molecule has 1 aromatic heterocycles. The average Bonchev–Trinajstić information content (AvgIpc) is 3.08. The molecule has 0 radical (unpaired) electrons. The van der Waals surface area contributed by atoms with E-state index in [1.54, 1.807) is 12.1 Å². The Morgan fingerprint density at radius 1 is 1.23 bits per heavy atom. The first-order chi connectivity index (χ1) is 12.4. The molecular formula is C20H20N2O4. The highest BCUT2D eigenvalue weighted by atomic mass is 16.5. The van der Waals surface area contributed by atoms with E-state index in [-0.39, 0.29) is 17.9 Å². The molecule has 0 atom stereocenters. The number of aldehydes is 1. The Hall–Kier alpha value is -3.15. The van der Waals surface area contributed by atoms with Gasteiger partial charge in [0.15, 0.2) is 12.9 Å². The van der Waals surface area contributed by atoms with E-state index < -0.39 is 5.91 Å². The van der Waals surface area contributed by atoms with E-state index in [0.29, 0.717) is 11.3 Å². The molecule has 1 heterocycles. The van der Waals surface area contributed by atoms with Crippen molar-refractivity contribution < 1.29 is 18.8 Å². The zero-order valence-corrected chi connectivity index (χ0v) is 14.9. The van der Waals surface area contributed by atoms with Gasteiger partial charge in [-0.05, 0) is 16.8 Å². The molecule has 0 bridgehead atoms. The first kappa shape index (κ1) is 17.7. The highest BCUT2D eigenvalue weighted by Gasteiger charge is 2.20. The number of carbonyl (C=O) groups excluding carboxylic acids is 2. The quantitative estimate of drug-likeness (QED) is 0.703. The van der Waals surface area contributed by atoms with Crippen LogP contribution in [-0.2, 0) is 10.2 Å². The number of aromatic nitrogens is 1. The average molecular weight is 352 g/mol. The van der Waals surface area contributed by atoms with Crippen molar-refractivity contribution in [1.82, 2.24) is 5.16 Å². The molecule has 0 spiro atoms. The molecule has 6 heteroatoms. The van der Waals surface area contributed by atoms with Gasteiger partial charge in [0, 0.05) is 11.5 Å². The summed E-state index contributed by atoms with van der Waals surface area (Å²) in [5.41, 5.74) is 0.990. The van der Waals surface area contributed by atoms with Gasteiger partial charge in [-0.15, -0.1) is 0 Å². The minimum atomic E-state index is -0.397. The molecule has 134 valence electrons. The van der Waals surface area contributed by atoms with E-state index in [2.05, 4.69) is 10.5 Å². The first-order valence-corrected chi connectivity index (χ1v) is 8.25. The lowest BCUT2D eigenvalue weighted by Crippen LogP contribution is -2.20. The SMILES string of the molecule is CC(C)(C)c1cc(NC(=O)COc2ccc3ccccc3c2C=O)on1. The number of hydrogen-bond acceptors (Lipinski definition) is 5. The minimum absolute atomic E-state index is 0.174. The Bertz CT molecular complexity index is 954. The predicted molar refractivity (Wildman–Crippen MR) is 98.7 cm³/mol. The largest absolute Gasteiger partial charge is 0.483 e. The van der Waals surface area contributed by atoms with Crippen LogP contribution < -0.4 is 10.1 Å². The second-order valence-electron chi connectivity index (χ2n) is 6.98. The van der Waals surface area contributed by atoms with Crippen LogP contribution in [0.3, 0.4) is 0 Å². The zero-order valence-electron chi connectivity index (χ0n) is 14.9. The van der Waals surface area contributed by atoms with Crippen LogP contribution in [0.2, 0.25) is 0 Å². The van der Waals surface area contributed by atoms with Gasteiger partial charge in [-0.25, -0.2) is 0 Å². The van der Waals surface area contributed by atoms with Crippen molar-refractivity contribution >= 4 is 28.8 Å². The summed E-state index contributed by atoms with van der Waals surface area (Å²) in [4.78, 5) is 23.6. The monoisotopic (exact) mass is 352 g/mol. The predicted octanol–water partition coefficient (Wildman–Crippen LogP) is 3.96. The number of hydrogen-bond donors (Lipinski definition) is 1. The molecule has 2 aromatic carbocycles. The van der Waals surface area contributed by atoms with E-state index in [4.69, 9.17) is 9.26 Å². The molecule has 0 aliphatic carbocycles. The number of rotatable bonds is 5. The third-order valence-electron chi connectivity index (χ3n) is 3.95. The highest BCUT2D eigenvalue weighted by Crippen LogP contribution is 2.27. The van der Waals surface area contributed by atoms with Gasteiger partial charge in [0.25, 0.3) is 5.91 Å². The zero-order chi connectivity index (χ0) is 18.7. The van der Waals surface area contributed by atoms with E-state index in [1.807, 2.05) is 51.1 Å². The molecule has 3 aromatic rings. The molecule has 6 nitrogen and oxygen atoms in total. The van der Waals surface area contributed by atoms with Crippen LogP contribution >= 0.6 is 0 Å². The van der Waals surface area contributed by atoms with E-state index in [1.165, 1.54) is 0 Å². The number of anilines is 1. The second-order valence-corrected chi connectivity index (χ2v) is 6.98. The van der Waals surface area contributed by atoms with Crippen LogP contribution in [-0.4, -0.2) is 24.0 Å². The Labute approximate surface area is 151 Å². The number of carbonyl (C=O) groups is 2. The lowest BCUT2D eigenvalue weighted by Gasteiger charge is -2.12. The third kappa shape index (κ3) is 3.74. The molecule has 1 N–H and O–H groups in total. The maximum absolute atomic E-state index is 12.1. The van der Waals surface area contributed by atoms with Crippen molar-refractivity contribution in [2.75, 3.05) is 11.9 Å². The molecule has 0 fully saturated rings. The van der Waals surface area contributed by atoms with Gasteiger partial charge in [0.1, 0.15) is 5.75 Å². The normalized spacial score (nSPS) is 11.3. The summed E-state index contributed by atoms with van der Waals surface area (Å²) in [6.07, 6.45) is 0.738. The van der Waals surface area contributed by atoms with E-state index in [9.17, 15) is 9.59 Å². The van der Waals surface area contributed by atoms with Crippen molar-refractivity contribution in [3.05, 3.63) is 53.7 Å². The summed E-state index contributed by atoms with van der Waals surface area (Å²) in [5, 5.41) is 8.26. The Morgan fingerprint density at radius 3 is 2.69 bits per heavy atom. The van der Waals surface area contributed by atoms with Crippen molar-refractivity contribution in [2.45, 2.75) is 26.2 Å². The van der Waals surface area contributed by atoms with Gasteiger partial charge in [-0.2, -0.15) is 0 Å². The molecule has 0 unspecified atom stereocenters. The standard InChI is InChI=1S/C20H20N2O4/c1-20(2,3)17-10-19(26-22-17)21-18(24)12-25-16-9-8-13-6-4-5-7-14(13)15(16)11-23/h4-11H,12H2,1-3H3,(H,21,24). The van der Waals surface area contributed by atoms with Crippen LogP contribution in [0.1, 0.15) is 36.8 Å². The number of nitrogens with one attached hydrogen (secondary N) is 1. The maximum atomic E-state index is 12.1. The fourth-order valence-corrected chi connectivity index (χ4v) is 2.53. The van der Waals surface area contributed by atoms with Gasteiger partial charge in [-0.3, -0.25) is 14.9 Å². The lowest BCUT2D eigenvalue weighted by molar-refractivity contribution is -0.118. The molecule has 0 saturated heterocycles. The van der Waals surface area contributed by atoms with Crippen LogP contribution in [0.25, 0.3) is 10.8 Å². The number of nitrogens with zero attached hydrogens (tertiary/aromatic N) is 1. The molecule has 1 amide bonds. The number of benzene rings is 2. The molecule has 0 saturated carbocycles. The van der Waals surface area contributed by atoms with Gasteiger partial charge in [-0.1, -0.05) is 56.3 Å². The number of fused-ring (bicyclic) bond motifs is 1. The van der Waals surface area contributed by atoms with Gasteiger partial charge >= 0.3 is 0 Å². The molecular weight excluding hydrogens is 332 g/mol. The minimum Gasteiger partial charge on any atom is -0.483 e. The second kappa shape index (κ2) is 7.00. The molecule has 0 aliphatic rings. The van der Waals surface area contributed by atoms with Crippen molar-refractivity contribution in [2.24, 2.45) is 0 Å². The fraction of sp³-hybridized carbons (Fsp3) is 0.250. The Morgan fingerprint density at radius 2 is 2.00 bits per heavy atom. The smallest absolute Gasteiger partial charge is 0.264 e. The summed E-state index contributed by atoms with van der Waals surface area (Å²) in [5.74, 6) is 0.228. The van der Waals surface area contributed by atoms with Gasteiger partial charge in [0.2, 0.25) is 5.88 Å². The van der Waals surface area contributed by atoms with Crippen LogP contribution in [0.15, 0.2) is 47.0 Å². The summed E-state index contributed by atoms with van der Waals surface area (Å²) in [6, 6.07) is 12.7. The molecule has 3 rings (SSSR count). The third-order valence-corrected chi connectivity index (χ3v) is 3.95. The number of amides is 1. The molecule has 0 aliphatic heterocycles. The van der Waals surface area contributed by atoms with Gasteiger partial charge < -0.3 is 9.26 Å². The summed E-state index contributed by atoms with van der Waals surface area (Å²) < 4.78 is 10.7. The summed E-state index contributed by atoms with van der Waals surface area (Å²) >= 11 is 0. The van der Waals surface area contributed by atoms with Gasteiger partial charge in [0.05, 0.1) is 11.3 Å².